The van der Waals surface area contributed by atoms with Crippen molar-refractivity contribution >= 4 is 0 Å². The van der Waals surface area contributed by atoms with Crippen LogP contribution in [0.5, 0.6) is 0 Å². The van der Waals surface area contributed by atoms with Crippen molar-refractivity contribution in [3.63, 3.8) is 0 Å². The molecule has 1 rings (SSSR count). The molecule has 0 aliphatic heterocycles. The van der Waals surface area contributed by atoms with Gasteiger partial charge in [0.25, 0.3) is 0 Å². The Balaban J connectivity index is 2.40. The van der Waals surface area contributed by atoms with Crippen molar-refractivity contribution < 1.29 is 4.52 Å². The first-order valence-electron chi connectivity index (χ1n) is 7.86. The quantitative estimate of drug-likeness (QED) is 0.758. The number of hydrogen-bond donors (Lipinski definition) is 1. The van der Waals surface area contributed by atoms with E-state index >= 15 is 0 Å². The van der Waals surface area contributed by atoms with Gasteiger partial charge in [0.2, 0.25) is 0 Å². The third-order valence-corrected chi connectivity index (χ3v) is 3.31. The Morgan fingerprint density at radius 1 is 1.24 bits per heavy atom. The van der Waals surface area contributed by atoms with Crippen LogP contribution in [0.2, 0.25) is 0 Å². The van der Waals surface area contributed by atoms with E-state index in [4.69, 9.17) is 4.52 Å². The summed E-state index contributed by atoms with van der Waals surface area (Å²) in [6.45, 7) is 13.5. The maximum Gasteiger partial charge on any atom is 0.151 e. The summed E-state index contributed by atoms with van der Waals surface area (Å²) < 4.78 is 5.45. The highest BCUT2D eigenvalue weighted by molar-refractivity contribution is 5.05. The summed E-state index contributed by atoms with van der Waals surface area (Å²) in [5, 5.41) is 7.57. The van der Waals surface area contributed by atoms with E-state index in [1.807, 2.05) is 0 Å². The molecule has 0 amide bonds. The second-order valence-electron chi connectivity index (χ2n) is 6.91. The lowest BCUT2D eigenvalue weighted by molar-refractivity contribution is 0.228. The highest BCUT2D eigenvalue weighted by atomic mass is 16.5. The van der Waals surface area contributed by atoms with Crippen molar-refractivity contribution in [2.45, 2.75) is 52.7 Å². The molecule has 1 aromatic rings. The molecule has 0 atom stereocenters. The lowest BCUT2D eigenvalue weighted by atomic mass is 10.1. The van der Waals surface area contributed by atoms with Gasteiger partial charge in [-0.3, -0.25) is 4.90 Å². The third-order valence-electron chi connectivity index (χ3n) is 3.31. The second-order valence-corrected chi connectivity index (χ2v) is 6.91. The molecule has 5 nitrogen and oxygen atoms in total. The predicted octanol–water partition coefficient (Wildman–Crippen LogP) is 2.34. The van der Waals surface area contributed by atoms with E-state index < -0.39 is 0 Å². The fraction of sp³-hybridized carbons (Fsp3) is 0.812. The summed E-state index contributed by atoms with van der Waals surface area (Å²) in [5.41, 5.74) is 1.07. The van der Waals surface area contributed by atoms with Crippen LogP contribution in [0.4, 0.5) is 0 Å². The van der Waals surface area contributed by atoms with Crippen LogP contribution in [0.1, 0.15) is 45.6 Å². The molecular weight excluding hydrogens is 264 g/mol. The molecule has 0 aliphatic carbocycles. The average molecular weight is 296 g/mol. The molecule has 0 saturated carbocycles. The molecule has 1 N–H and O–H groups in total. The zero-order chi connectivity index (χ0) is 15.9. The van der Waals surface area contributed by atoms with Gasteiger partial charge in [0.05, 0.1) is 12.2 Å². The number of aromatic nitrogens is 1. The van der Waals surface area contributed by atoms with Crippen molar-refractivity contribution in [2.75, 3.05) is 33.7 Å². The van der Waals surface area contributed by atoms with E-state index in [0.29, 0.717) is 0 Å². The van der Waals surface area contributed by atoms with Gasteiger partial charge in [0, 0.05) is 18.2 Å². The largest absolute Gasteiger partial charge is 0.360 e. The molecule has 0 saturated heterocycles. The number of hydrogen-bond acceptors (Lipinski definition) is 5. The molecule has 0 bridgehead atoms. The smallest absolute Gasteiger partial charge is 0.151 e. The Kier molecular flexibility index (Phi) is 7.35. The van der Waals surface area contributed by atoms with Crippen molar-refractivity contribution in [1.29, 1.82) is 0 Å². The van der Waals surface area contributed by atoms with Gasteiger partial charge >= 0.3 is 0 Å². The second kappa shape index (κ2) is 8.51. The fourth-order valence-corrected chi connectivity index (χ4v) is 2.05. The minimum absolute atomic E-state index is 0.0980. The summed E-state index contributed by atoms with van der Waals surface area (Å²) in [5.74, 6) is 0.951. The Morgan fingerprint density at radius 3 is 2.52 bits per heavy atom. The van der Waals surface area contributed by atoms with E-state index in [0.717, 1.165) is 44.2 Å². The Morgan fingerprint density at radius 2 is 1.95 bits per heavy atom. The van der Waals surface area contributed by atoms with Crippen LogP contribution >= 0.6 is 0 Å². The molecule has 0 spiro atoms. The standard InChI is InChI=1S/C16H32N4O/c1-7-20(10-8-9-19(5)6)13-15-11-14(18-21-15)12-17-16(2,3)4/h11,17H,7-10,12-13H2,1-6H3. The topological polar surface area (TPSA) is 44.5 Å². The Hall–Kier alpha value is -0.910. The predicted molar refractivity (Wildman–Crippen MR) is 87.2 cm³/mol. The average Bonchev–Trinajstić information content (AvgIpc) is 2.81. The summed E-state index contributed by atoms with van der Waals surface area (Å²) in [4.78, 5) is 4.61. The number of nitrogens with zero attached hydrogens (tertiary/aromatic N) is 3. The third kappa shape index (κ3) is 8.19. The van der Waals surface area contributed by atoms with Crippen LogP contribution in [0.15, 0.2) is 10.6 Å². The number of rotatable bonds is 9. The van der Waals surface area contributed by atoms with E-state index in [1.165, 1.54) is 6.42 Å². The molecule has 0 aromatic carbocycles. The molecule has 5 heteroatoms. The van der Waals surface area contributed by atoms with Gasteiger partial charge in [0.1, 0.15) is 0 Å². The van der Waals surface area contributed by atoms with Crippen molar-refractivity contribution in [3.05, 3.63) is 17.5 Å². The van der Waals surface area contributed by atoms with Crippen LogP contribution < -0.4 is 5.32 Å². The molecule has 0 unspecified atom stereocenters. The molecule has 1 heterocycles. The highest BCUT2D eigenvalue weighted by Crippen LogP contribution is 2.09. The highest BCUT2D eigenvalue weighted by Gasteiger charge is 2.12. The summed E-state index contributed by atoms with van der Waals surface area (Å²) >= 11 is 0. The molecule has 122 valence electrons. The van der Waals surface area contributed by atoms with Crippen LogP contribution in [-0.4, -0.2) is 54.2 Å². The Bertz CT molecular complexity index is 395. The minimum atomic E-state index is 0.0980. The first-order chi connectivity index (χ1) is 9.80. The molecule has 1 aromatic heterocycles. The van der Waals surface area contributed by atoms with E-state index in [-0.39, 0.29) is 5.54 Å². The monoisotopic (exact) mass is 296 g/mol. The maximum atomic E-state index is 5.45. The van der Waals surface area contributed by atoms with Gasteiger partial charge in [-0.15, -0.1) is 0 Å². The van der Waals surface area contributed by atoms with Crippen molar-refractivity contribution in [2.24, 2.45) is 0 Å². The van der Waals surface area contributed by atoms with Gasteiger partial charge in [0.15, 0.2) is 5.76 Å². The summed E-state index contributed by atoms with van der Waals surface area (Å²) in [7, 11) is 4.22. The zero-order valence-electron chi connectivity index (χ0n) is 14.6. The molecule has 21 heavy (non-hydrogen) atoms. The van der Waals surface area contributed by atoms with Crippen LogP contribution in [-0.2, 0) is 13.1 Å². The SMILES string of the molecule is CCN(CCCN(C)C)Cc1cc(CNC(C)(C)C)no1. The van der Waals surface area contributed by atoms with Crippen LogP contribution in [0, 0.1) is 0 Å². The lowest BCUT2D eigenvalue weighted by Crippen LogP contribution is -2.35. The first kappa shape index (κ1) is 18.1. The van der Waals surface area contributed by atoms with E-state index in [2.05, 4.69) is 68.1 Å². The Labute approximate surface area is 129 Å². The molecule has 0 fully saturated rings. The lowest BCUT2D eigenvalue weighted by Gasteiger charge is -2.20. The van der Waals surface area contributed by atoms with Gasteiger partial charge in [-0.1, -0.05) is 12.1 Å². The van der Waals surface area contributed by atoms with Crippen molar-refractivity contribution in [1.82, 2.24) is 20.3 Å². The fourth-order valence-electron chi connectivity index (χ4n) is 2.05. The van der Waals surface area contributed by atoms with Crippen LogP contribution in [0.25, 0.3) is 0 Å². The van der Waals surface area contributed by atoms with Gasteiger partial charge < -0.3 is 14.7 Å². The van der Waals surface area contributed by atoms with E-state index in [1.54, 1.807) is 0 Å². The first-order valence-corrected chi connectivity index (χ1v) is 7.86. The summed E-state index contributed by atoms with van der Waals surface area (Å²) in [6.07, 6.45) is 1.17. The molecule has 0 radical (unpaired) electrons. The number of nitrogens with one attached hydrogen (secondary N) is 1. The minimum Gasteiger partial charge on any atom is -0.360 e. The van der Waals surface area contributed by atoms with E-state index in [9.17, 15) is 0 Å². The normalized spacial score (nSPS) is 12.6. The van der Waals surface area contributed by atoms with Crippen molar-refractivity contribution in [3.8, 4) is 0 Å². The molecule has 0 aliphatic rings. The molecular formula is C16H32N4O. The van der Waals surface area contributed by atoms with Gasteiger partial charge in [-0.05, 0) is 60.9 Å². The summed E-state index contributed by atoms with van der Waals surface area (Å²) in [6, 6.07) is 2.06. The van der Waals surface area contributed by atoms with Crippen LogP contribution in [0.3, 0.4) is 0 Å². The zero-order valence-corrected chi connectivity index (χ0v) is 14.6. The van der Waals surface area contributed by atoms with Gasteiger partial charge in [-0.25, -0.2) is 0 Å². The maximum absolute atomic E-state index is 5.45. The van der Waals surface area contributed by atoms with Gasteiger partial charge in [-0.2, -0.15) is 0 Å².